The van der Waals surface area contributed by atoms with E-state index in [4.69, 9.17) is 0 Å². The minimum absolute atomic E-state index is 0.153. The number of hydrogen-bond donors (Lipinski definition) is 0. The van der Waals surface area contributed by atoms with Crippen molar-refractivity contribution in [3.63, 3.8) is 0 Å². The second-order valence-electron chi connectivity index (χ2n) is 4.45. The number of rotatable bonds is 2. The van der Waals surface area contributed by atoms with E-state index in [1.54, 1.807) is 6.33 Å². The van der Waals surface area contributed by atoms with Crippen molar-refractivity contribution in [1.82, 2.24) is 14.9 Å². The summed E-state index contributed by atoms with van der Waals surface area (Å²) in [5.74, 6) is 0.993. The molecule has 0 bridgehead atoms. The first kappa shape index (κ1) is 12.6. The number of likely N-dealkylation sites (N-methyl/N-ethyl adjacent to an activating group) is 1. The van der Waals surface area contributed by atoms with Crippen LogP contribution in [-0.2, 0) is 4.79 Å². The molecule has 1 aliphatic heterocycles. The molecule has 0 atom stereocenters. The van der Waals surface area contributed by atoms with Crippen LogP contribution in [-0.4, -0.2) is 40.5 Å². The van der Waals surface area contributed by atoms with Gasteiger partial charge in [-0.2, -0.15) is 0 Å². The van der Waals surface area contributed by atoms with Gasteiger partial charge in [0.25, 0.3) is 0 Å². The van der Waals surface area contributed by atoms with Crippen LogP contribution in [0.25, 0.3) is 10.9 Å². The summed E-state index contributed by atoms with van der Waals surface area (Å²) in [6.07, 6.45) is 1.56. The zero-order valence-electron chi connectivity index (χ0n) is 10.5. The maximum absolute atomic E-state index is 11.8. The van der Waals surface area contributed by atoms with E-state index in [0.29, 0.717) is 13.2 Å². The lowest BCUT2D eigenvalue weighted by molar-refractivity contribution is -0.126. The molecule has 0 saturated carbocycles. The first-order valence-corrected chi connectivity index (χ1v) is 7.20. The van der Waals surface area contributed by atoms with Gasteiger partial charge in [-0.25, -0.2) is 9.97 Å². The summed E-state index contributed by atoms with van der Waals surface area (Å²) < 4.78 is 1.14. The van der Waals surface area contributed by atoms with Gasteiger partial charge >= 0.3 is 0 Å². The third-order valence-electron chi connectivity index (χ3n) is 3.28. The van der Waals surface area contributed by atoms with Crippen molar-refractivity contribution in [1.29, 1.82) is 0 Å². The number of hydrogen-bond acceptors (Lipinski definition) is 4. The van der Waals surface area contributed by atoms with E-state index in [0.717, 1.165) is 26.8 Å². The molecule has 1 aliphatic rings. The number of amides is 1. The summed E-state index contributed by atoms with van der Waals surface area (Å²) >= 11 is 2.27. The first-order valence-electron chi connectivity index (χ1n) is 6.12. The normalized spacial score (nSPS) is 15.6. The fourth-order valence-corrected chi connectivity index (χ4v) is 2.77. The Morgan fingerprint density at radius 2 is 2.21 bits per heavy atom. The molecule has 1 saturated heterocycles. The average Bonchev–Trinajstić information content (AvgIpc) is 2.79. The fourth-order valence-electron chi connectivity index (χ4n) is 2.28. The van der Waals surface area contributed by atoms with E-state index in [1.807, 2.05) is 28.9 Å². The Bertz CT molecular complexity index is 646. The van der Waals surface area contributed by atoms with E-state index in [-0.39, 0.29) is 5.91 Å². The lowest BCUT2D eigenvalue weighted by atomic mass is 10.2. The molecule has 1 aromatic heterocycles. The number of anilines is 1. The van der Waals surface area contributed by atoms with Gasteiger partial charge in [-0.3, -0.25) is 4.79 Å². The number of halogens is 1. The van der Waals surface area contributed by atoms with Crippen LogP contribution in [0.2, 0.25) is 0 Å². The summed E-state index contributed by atoms with van der Waals surface area (Å²) in [5.41, 5.74) is 0.910. The van der Waals surface area contributed by atoms with Gasteiger partial charge in [0.05, 0.1) is 12.2 Å². The third-order valence-corrected chi connectivity index (χ3v) is 3.95. The van der Waals surface area contributed by atoms with Gasteiger partial charge in [0.15, 0.2) is 0 Å². The van der Waals surface area contributed by atoms with Crippen LogP contribution in [0.3, 0.4) is 0 Å². The minimum atomic E-state index is 0.153. The molecular weight excluding hydrogens is 355 g/mol. The van der Waals surface area contributed by atoms with Crippen LogP contribution in [0.1, 0.15) is 6.92 Å². The van der Waals surface area contributed by atoms with Crippen molar-refractivity contribution < 1.29 is 4.79 Å². The predicted molar refractivity (Wildman–Crippen MR) is 81.9 cm³/mol. The molecule has 5 nitrogen and oxygen atoms in total. The largest absolute Gasteiger partial charge is 0.329 e. The Hall–Kier alpha value is -1.44. The highest BCUT2D eigenvalue weighted by atomic mass is 127. The molecule has 3 rings (SSSR count). The summed E-state index contributed by atoms with van der Waals surface area (Å²) in [6, 6.07) is 6.06. The van der Waals surface area contributed by atoms with Gasteiger partial charge < -0.3 is 9.80 Å². The highest BCUT2D eigenvalue weighted by Crippen LogP contribution is 2.26. The van der Waals surface area contributed by atoms with Gasteiger partial charge in [0, 0.05) is 15.5 Å². The molecule has 1 aromatic carbocycles. The Kier molecular flexibility index (Phi) is 3.26. The second-order valence-corrected chi connectivity index (χ2v) is 5.69. The van der Waals surface area contributed by atoms with Crippen molar-refractivity contribution in [3.8, 4) is 0 Å². The summed E-state index contributed by atoms with van der Waals surface area (Å²) in [7, 11) is 0. The Morgan fingerprint density at radius 3 is 2.95 bits per heavy atom. The zero-order valence-corrected chi connectivity index (χ0v) is 12.7. The first-order chi connectivity index (χ1) is 9.19. The van der Waals surface area contributed by atoms with E-state index in [9.17, 15) is 4.79 Å². The topological polar surface area (TPSA) is 49.3 Å². The zero-order chi connectivity index (χ0) is 13.4. The molecule has 2 heterocycles. The van der Waals surface area contributed by atoms with Crippen LogP contribution in [0, 0.1) is 3.57 Å². The van der Waals surface area contributed by atoms with E-state index >= 15 is 0 Å². The highest BCUT2D eigenvalue weighted by molar-refractivity contribution is 14.1. The number of nitrogens with zero attached hydrogens (tertiary/aromatic N) is 4. The van der Waals surface area contributed by atoms with Crippen molar-refractivity contribution in [2.24, 2.45) is 0 Å². The quantitative estimate of drug-likeness (QED) is 0.760. The van der Waals surface area contributed by atoms with Gasteiger partial charge in [-0.15, -0.1) is 0 Å². The molecule has 0 N–H and O–H groups in total. The molecule has 0 aliphatic carbocycles. The second kappa shape index (κ2) is 4.92. The van der Waals surface area contributed by atoms with Crippen LogP contribution in [0.15, 0.2) is 24.5 Å². The summed E-state index contributed by atoms with van der Waals surface area (Å²) in [5, 5.41) is 1.00. The molecule has 1 amide bonds. The van der Waals surface area contributed by atoms with Crippen LogP contribution >= 0.6 is 22.6 Å². The monoisotopic (exact) mass is 368 g/mol. The maximum atomic E-state index is 11.8. The van der Waals surface area contributed by atoms with E-state index in [1.165, 1.54) is 0 Å². The van der Waals surface area contributed by atoms with Crippen LogP contribution in [0.5, 0.6) is 0 Å². The standard InChI is InChI=1S/C13H13IN4O/c1-2-17-8-18(6-12(17)19)13-10-5-9(14)3-4-11(10)15-7-16-13/h3-5,7H,2,6,8H2,1H3. The molecule has 1 fully saturated rings. The molecule has 0 spiro atoms. The molecule has 0 unspecified atom stereocenters. The summed E-state index contributed by atoms with van der Waals surface area (Å²) in [4.78, 5) is 24.3. The van der Waals surface area contributed by atoms with Crippen molar-refractivity contribution >= 4 is 45.2 Å². The number of carbonyl (C=O) groups is 1. The van der Waals surface area contributed by atoms with Crippen molar-refractivity contribution in [2.45, 2.75) is 6.92 Å². The number of benzene rings is 1. The lowest BCUT2D eigenvalue weighted by Gasteiger charge is -2.18. The average molecular weight is 368 g/mol. The lowest BCUT2D eigenvalue weighted by Crippen LogP contribution is -2.27. The van der Waals surface area contributed by atoms with Gasteiger partial charge in [-0.1, -0.05) is 0 Å². The molecule has 19 heavy (non-hydrogen) atoms. The Balaban J connectivity index is 2.06. The molecule has 6 heteroatoms. The van der Waals surface area contributed by atoms with Gasteiger partial charge in [0.1, 0.15) is 18.7 Å². The molecule has 2 aromatic rings. The van der Waals surface area contributed by atoms with Crippen LogP contribution in [0.4, 0.5) is 5.82 Å². The minimum Gasteiger partial charge on any atom is -0.329 e. The maximum Gasteiger partial charge on any atom is 0.243 e. The highest BCUT2D eigenvalue weighted by Gasteiger charge is 2.28. The smallest absolute Gasteiger partial charge is 0.243 e. The number of fused-ring (bicyclic) bond motifs is 1. The molecular formula is C13H13IN4O. The molecule has 98 valence electrons. The predicted octanol–water partition coefficient (Wildman–Crippen LogP) is 1.86. The van der Waals surface area contributed by atoms with Crippen molar-refractivity contribution in [2.75, 3.05) is 24.7 Å². The summed E-state index contributed by atoms with van der Waals surface area (Å²) in [6.45, 7) is 3.72. The van der Waals surface area contributed by atoms with Crippen molar-refractivity contribution in [3.05, 3.63) is 28.1 Å². The molecule has 0 radical (unpaired) electrons. The van der Waals surface area contributed by atoms with Gasteiger partial charge in [-0.05, 0) is 47.7 Å². The number of aromatic nitrogens is 2. The Labute approximate surface area is 124 Å². The number of carbonyl (C=O) groups excluding carboxylic acids is 1. The van der Waals surface area contributed by atoms with Gasteiger partial charge in [0.2, 0.25) is 5.91 Å². The fraction of sp³-hybridized carbons (Fsp3) is 0.308. The third kappa shape index (κ3) is 2.24. The Morgan fingerprint density at radius 1 is 1.37 bits per heavy atom. The van der Waals surface area contributed by atoms with Crippen LogP contribution < -0.4 is 4.90 Å². The SMILES string of the molecule is CCN1CN(c2ncnc3ccc(I)cc23)CC1=O. The van der Waals surface area contributed by atoms with E-state index in [2.05, 4.69) is 38.6 Å². The van der Waals surface area contributed by atoms with E-state index < -0.39 is 0 Å².